The van der Waals surface area contributed by atoms with E-state index in [9.17, 15) is 10.1 Å². The van der Waals surface area contributed by atoms with Gasteiger partial charge in [-0.1, -0.05) is 12.1 Å². The van der Waals surface area contributed by atoms with E-state index in [1.54, 1.807) is 30.4 Å². The van der Waals surface area contributed by atoms with E-state index in [-0.39, 0.29) is 23.0 Å². The molecular formula is C13H16ClN3O2S. The van der Waals surface area contributed by atoms with E-state index in [4.69, 9.17) is 0 Å². The SMILES string of the molecule is CNCCc1nc(-c2ccc(C)c([N+](=O)[O-])c2)cs1.Cl. The second-order valence-electron chi connectivity index (χ2n) is 4.24. The van der Waals surface area contributed by atoms with Crippen molar-refractivity contribution in [3.8, 4) is 11.3 Å². The smallest absolute Gasteiger partial charge is 0.272 e. The van der Waals surface area contributed by atoms with Gasteiger partial charge in [0.2, 0.25) is 0 Å². The van der Waals surface area contributed by atoms with Gasteiger partial charge in [-0.25, -0.2) is 4.98 Å². The first-order valence-corrected chi connectivity index (χ1v) is 6.84. The molecule has 1 aromatic heterocycles. The predicted molar refractivity (Wildman–Crippen MR) is 83.8 cm³/mol. The van der Waals surface area contributed by atoms with Crippen molar-refractivity contribution in [3.05, 3.63) is 44.3 Å². The van der Waals surface area contributed by atoms with Crippen molar-refractivity contribution in [1.29, 1.82) is 0 Å². The van der Waals surface area contributed by atoms with E-state index < -0.39 is 0 Å². The quantitative estimate of drug-likeness (QED) is 0.680. The molecular weight excluding hydrogens is 298 g/mol. The number of aryl methyl sites for hydroxylation is 1. The van der Waals surface area contributed by atoms with Gasteiger partial charge in [0.25, 0.3) is 5.69 Å². The Balaban J connectivity index is 0.00000200. The molecule has 0 aliphatic heterocycles. The van der Waals surface area contributed by atoms with Crippen LogP contribution in [0.2, 0.25) is 0 Å². The zero-order valence-corrected chi connectivity index (χ0v) is 12.9. The molecule has 1 aromatic carbocycles. The number of hydrogen-bond donors (Lipinski definition) is 1. The van der Waals surface area contributed by atoms with E-state index in [1.807, 2.05) is 18.5 Å². The van der Waals surface area contributed by atoms with Crippen molar-refractivity contribution in [2.24, 2.45) is 0 Å². The predicted octanol–water partition coefficient (Wildman–Crippen LogP) is 3.21. The fraction of sp³-hybridized carbons (Fsp3) is 0.308. The highest BCUT2D eigenvalue weighted by molar-refractivity contribution is 7.09. The molecule has 1 N–H and O–H groups in total. The van der Waals surface area contributed by atoms with Crippen molar-refractivity contribution in [1.82, 2.24) is 10.3 Å². The van der Waals surface area contributed by atoms with E-state index in [1.165, 1.54) is 0 Å². The van der Waals surface area contributed by atoms with E-state index in [0.29, 0.717) is 5.56 Å². The third-order valence-corrected chi connectivity index (χ3v) is 3.75. The van der Waals surface area contributed by atoms with Crippen LogP contribution < -0.4 is 5.32 Å². The van der Waals surface area contributed by atoms with Gasteiger partial charge in [-0.2, -0.15) is 0 Å². The van der Waals surface area contributed by atoms with Gasteiger partial charge in [0, 0.05) is 35.5 Å². The van der Waals surface area contributed by atoms with Crippen LogP contribution in [0.1, 0.15) is 10.6 Å². The lowest BCUT2D eigenvalue weighted by atomic mass is 10.1. The average molecular weight is 314 g/mol. The molecule has 0 bridgehead atoms. The van der Waals surface area contributed by atoms with Gasteiger partial charge in [0.05, 0.1) is 15.6 Å². The Labute approximate surface area is 127 Å². The lowest BCUT2D eigenvalue weighted by Gasteiger charge is -2.00. The maximum atomic E-state index is 10.9. The molecule has 0 spiro atoms. The normalized spacial score (nSPS) is 10.1. The van der Waals surface area contributed by atoms with Crippen LogP contribution in [-0.4, -0.2) is 23.5 Å². The summed E-state index contributed by atoms with van der Waals surface area (Å²) in [6.45, 7) is 2.61. The number of nitrogens with one attached hydrogen (secondary N) is 1. The molecule has 0 saturated carbocycles. The maximum Gasteiger partial charge on any atom is 0.272 e. The van der Waals surface area contributed by atoms with Crippen molar-refractivity contribution >= 4 is 29.4 Å². The van der Waals surface area contributed by atoms with Crippen LogP contribution in [0.3, 0.4) is 0 Å². The zero-order chi connectivity index (χ0) is 13.8. The second-order valence-corrected chi connectivity index (χ2v) is 5.18. The number of halogens is 1. The van der Waals surface area contributed by atoms with Gasteiger partial charge in [-0.15, -0.1) is 23.7 Å². The number of hydrogen-bond acceptors (Lipinski definition) is 5. The summed E-state index contributed by atoms with van der Waals surface area (Å²) in [6.07, 6.45) is 0.870. The summed E-state index contributed by atoms with van der Waals surface area (Å²) in [4.78, 5) is 15.1. The number of aromatic nitrogens is 1. The minimum Gasteiger partial charge on any atom is -0.319 e. The Morgan fingerprint density at radius 2 is 2.20 bits per heavy atom. The van der Waals surface area contributed by atoms with Crippen LogP contribution in [-0.2, 0) is 6.42 Å². The highest BCUT2D eigenvalue weighted by Gasteiger charge is 2.13. The first kappa shape index (κ1) is 16.6. The number of thiazole rings is 1. The summed E-state index contributed by atoms with van der Waals surface area (Å²) >= 11 is 1.58. The maximum absolute atomic E-state index is 10.9. The molecule has 1 heterocycles. The molecule has 0 fully saturated rings. The Hall–Kier alpha value is -1.50. The molecule has 2 rings (SSSR count). The van der Waals surface area contributed by atoms with Gasteiger partial charge >= 0.3 is 0 Å². The first-order valence-electron chi connectivity index (χ1n) is 5.96. The van der Waals surface area contributed by atoms with Crippen LogP contribution >= 0.6 is 23.7 Å². The van der Waals surface area contributed by atoms with Crippen molar-refractivity contribution in [2.45, 2.75) is 13.3 Å². The Morgan fingerprint density at radius 3 is 2.85 bits per heavy atom. The highest BCUT2D eigenvalue weighted by Crippen LogP contribution is 2.27. The molecule has 7 heteroatoms. The van der Waals surface area contributed by atoms with Crippen molar-refractivity contribution in [2.75, 3.05) is 13.6 Å². The van der Waals surface area contributed by atoms with Crippen LogP contribution in [0, 0.1) is 17.0 Å². The third kappa shape index (κ3) is 3.75. The number of nitro groups is 1. The van der Waals surface area contributed by atoms with Gasteiger partial charge < -0.3 is 5.32 Å². The van der Waals surface area contributed by atoms with Gasteiger partial charge in [0.1, 0.15) is 0 Å². The number of nitrogens with zero attached hydrogens (tertiary/aromatic N) is 2. The average Bonchev–Trinajstić information content (AvgIpc) is 2.85. The topological polar surface area (TPSA) is 68.1 Å². The lowest BCUT2D eigenvalue weighted by Crippen LogP contribution is -2.09. The van der Waals surface area contributed by atoms with Crippen LogP contribution in [0.15, 0.2) is 23.6 Å². The van der Waals surface area contributed by atoms with Crippen molar-refractivity contribution in [3.63, 3.8) is 0 Å². The fourth-order valence-corrected chi connectivity index (χ4v) is 2.56. The molecule has 0 aliphatic carbocycles. The van der Waals surface area contributed by atoms with Crippen molar-refractivity contribution < 1.29 is 4.92 Å². The van der Waals surface area contributed by atoms with Crippen LogP contribution in [0.25, 0.3) is 11.3 Å². The van der Waals surface area contributed by atoms with Gasteiger partial charge in [0.15, 0.2) is 0 Å². The van der Waals surface area contributed by atoms with Gasteiger partial charge in [-0.3, -0.25) is 10.1 Å². The molecule has 0 saturated heterocycles. The van der Waals surface area contributed by atoms with Crippen LogP contribution in [0.5, 0.6) is 0 Å². The third-order valence-electron chi connectivity index (χ3n) is 2.84. The first-order chi connectivity index (χ1) is 9.11. The molecule has 5 nitrogen and oxygen atoms in total. The molecule has 0 radical (unpaired) electrons. The zero-order valence-electron chi connectivity index (χ0n) is 11.3. The minimum atomic E-state index is -0.354. The summed E-state index contributed by atoms with van der Waals surface area (Å²) in [5.41, 5.74) is 2.41. The fourth-order valence-electron chi connectivity index (χ4n) is 1.76. The number of rotatable bonds is 5. The Morgan fingerprint density at radius 1 is 1.45 bits per heavy atom. The van der Waals surface area contributed by atoms with E-state index in [2.05, 4.69) is 10.3 Å². The lowest BCUT2D eigenvalue weighted by molar-refractivity contribution is -0.385. The summed E-state index contributed by atoms with van der Waals surface area (Å²) in [7, 11) is 1.90. The second kappa shape index (κ2) is 7.33. The summed E-state index contributed by atoms with van der Waals surface area (Å²) < 4.78 is 0. The Kier molecular flexibility index (Phi) is 6.06. The number of likely N-dealkylation sites (N-methyl/N-ethyl adjacent to an activating group) is 1. The molecule has 20 heavy (non-hydrogen) atoms. The molecule has 0 aliphatic rings. The Bertz CT molecular complexity index is 601. The van der Waals surface area contributed by atoms with Crippen LogP contribution in [0.4, 0.5) is 5.69 Å². The standard InChI is InChI=1S/C13H15N3O2S.ClH/c1-9-3-4-10(7-12(9)16(17)18)11-8-19-13(15-11)5-6-14-2;/h3-4,7-8,14H,5-6H2,1-2H3;1H. The van der Waals surface area contributed by atoms with E-state index in [0.717, 1.165) is 29.2 Å². The highest BCUT2D eigenvalue weighted by atomic mass is 35.5. The largest absolute Gasteiger partial charge is 0.319 e. The summed E-state index contributed by atoms with van der Waals surface area (Å²) in [5, 5.41) is 17.0. The minimum absolute atomic E-state index is 0. The number of benzene rings is 1. The van der Waals surface area contributed by atoms with E-state index >= 15 is 0 Å². The summed E-state index contributed by atoms with van der Waals surface area (Å²) in [5.74, 6) is 0. The molecule has 108 valence electrons. The molecule has 0 unspecified atom stereocenters. The monoisotopic (exact) mass is 313 g/mol. The number of nitro benzene ring substituents is 1. The molecule has 0 atom stereocenters. The molecule has 0 amide bonds. The van der Waals surface area contributed by atoms with Gasteiger partial charge in [-0.05, 0) is 14.0 Å². The molecule has 2 aromatic rings. The summed E-state index contributed by atoms with van der Waals surface area (Å²) in [6, 6.07) is 5.23.